The maximum absolute atomic E-state index is 12.5. The number of aromatic nitrogens is 5. The van der Waals surface area contributed by atoms with E-state index in [0.29, 0.717) is 28.1 Å². The molecule has 0 radical (unpaired) electrons. The summed E-state index contributed by atoms with van der Waals surface area (Å²) in [4.78, 5) is 39.3. The van der Waals surface area contributed by atoms with Crippen LogP contribution >= 0.6 is 11.3 Å². The Bertz CT molecular complexity index is 1150. The van der Waals surface area contributed by atoms with Crippen molar-refractivity contribution < 1.29 is 4.79 Å². The van der Waals surface area contributed by atoms with Crippen molar-refractivity contribution in [1.82, 2.24) is 24.6 Å². The standard InChI is InChI=1S/C20H26N6O2S/c1-10-11(2)21-18-23-15(25-26(18)17(10)28)9-16(27)24-19-22-13-7-6-12(20(3,4)5)8-14(13)29-19/h12H,6-9H2,1-5H3,(H,21,23,25)(H,22,24,27). The molecule has 4 rings (SSSR count). The van der Waals surface area contributed by atoms with Gasteiger partial charge in [-0.2, -0.15) is 9.50 Å². The zero-order valence-corrected chi connectivity index (χ0v) is 18.2. The summed E-state index contributed by atoms with van der Waals surface area (Å²) >= 11 is 1.56. The van der Waals surface area contributed by atoms with Gasteiger partial charge in [-0.1, -0.05) is 20.8 Å². The molecule has 1 aliphatic carbocycles. The molecule has 0 saturated heterocycles. The third-order valence-electron chi connectivity index (χ3n) is 5.75. The Morgan fingerprint density at radius 2 is 2.03 bits per heavy atom. The van der Waals surface area contributed by atoms with Gasteiger partial charge in [-0.3, -0.25) is 14.7 Å². The van der Waals surface area contributed by atoms with Crippen LogP contribution in [0.2, 0.25) is 0 Å². The molecule has 154 valence electrons. The van der Waals surface area contributed by atoms with Crippen molar-refractivity contribution >= 4 is 28.2 Å². The molecule has 8 nitrogen and oxygen atoms in total. The van der Waals surface area contributed by atoms with E-state index in [2.05, 4.69) is 46.1 Å². The van der Waals surface area contributed by atoms with Crippen molar-refractivity contribution in [3.63, 3.8) is 0 Å². The zero-order valence-electron chi connectivity index (χ0n) is 17.4. The lowest BCUT2D eigenvalue weighted by Gasteiger charge is -2.33. The average Bonchev–Trinajstić information content (AvgIpc) is 3.21. The monoisotopic (exact) mass is 414 g/mol. The van der Waals surface area contributed by atoms with Gasteiger partial charge < -0.3 is 5.32 Å². The number of nitrogens with zero attached hydrogens (tertiary/aromatic N) is 4. The number of thiazole rings is 1. The van der Waals surface area contributed by atoms with Crippen molar-refractivity contribution in [2.24, 2.45) is 11.3 Å². The lowest BCUT2D eigenvalue weighted by atomic mass is 9.73. The van der Waals surface area contributed by atoms with Gasteiger partial charge in [0.1, 0.15) is 5.82 Å². The number of hydrogen-bond acceptors (Lipinski definition) is 6. The molecule has 0 bridgehead atoms. The third kappa shape index (κ3) is 3.83. The van der Waals surface area contributed by atoms with E-state index >= 15 is 0 Å². The summed E-state index contributed by atoms with van der Waals surface area (Å²) in [5, 5.41) is 6.39. The minimum Gasteiger partial charge on any atom is -0.302 e. The molecule has 3 heterocycles. The Hall–Kier alpha value is -2.55. The van der Waals surface area contributed by atoms with Crippen LogP contribution in [-0.4, -0.2) is 30.5 Å². The van der Waals surface area contributed by atoms with E-state index in [1.54, 1.807) is 25.2 Å². The SMILES string of the molecule is Cc1nc2nc(CC(=O)Nc3nc4c(s3)CC(C(C)(C)C)CC4)[nH]n2c(=O)c1C. The molecule has 0 aliphatic heterocycles. The molecular formula is C20H26N6O2S. The van der Waals surface area contributed by atoms with Crippen LogP contribution in [0.1, 0.15) is 54.8 Å². The molecule has 0 saturated carbocycles. The number of aryl methyl sites for hydroxylation is 2. The fraction of sp³-hybridized carbons (Fsp3) is 0.550. The molecule has 9 heteroatoms. The number of nitrogens with one attached hydrogen (secondary N) is 2. The summed E-state index contributed by atoms with van der Waals surface area (Å²) in [6.07, 6.45) is 3.13. The van der Waals surface area contributed by atoms with Crippen LogP contribution in [0, 0.1) is 25.2 Å². The highest BCUT2D eigenvalue weighted by atomic mass is 32.1. The fourth-order valence-corrected chi connectivity index (χ4v) is 4.81. The van der Waals surface area contributed by atoms with E-state index in [-0.39, 0.29) is 29.1 Å². The highest BCUT2D eigenvalue weighted by molar-refractivity contribution is 7.15. The van der Waals surface area contributed by atoms with E-state index in [1.807, 2.05) is 0 Å². The van der Waals surface area contributed by atoms with E-state index in [1.165, 1.54) is 9.39 Å². The summed E-state index contributed by atoms with van der Waals surface area (Å²) in [6, 6.07) is 0. The van der Waals surface area contributed by atoms with E-state index in [0.717, 1.165) is 25.0 Å². The number of carbonyl (C=O) groups excluding carboxylic acids is 1. The molecule has 0 fully saturated rings. The maximum Gasteiger partial charge on any atom is 0.277 e. The molecule has 0 aromatic carbocycles. The second kappa shape index (κ2) is 7.05. The van der Waals surface area contributed by atoms with E-state index < -0.39 is 0 Å². The maximum atomic E-state index is 12.5. The number of amides is 1. The molecule has 0 spiro atoms. The fourth-order valence-electron chi connectivity index (χ4n) is 3.71. The Kier molecular flexibility index (Phi) is 4.80. The molecule has 1 unspecified atom stereocenters. The first-order chi connectivity index (χ1) is 13.6. The van der Waals surface area contributed by atoms with Gasteiger partial charge in [-0.25, -0.2) is 9.97 Å². The van der Waals surface area contributed by atoms with Crippen LogP contribution in [0.25, 0.3) is 5.78 Å². The Morgan fingerprint density at radius 3 is 2.76 bits per heavy atom. The highest BCUT2D eigenvalue weighted by Gasteiger charge is 2.30. The molecule has 1 atom stereocenters. The van der Waals surface area contributed by atoms with Crippen LogP contribution in [0.5, 0.6) is 0 Å². The zero-order chi connectivity index (χ0) is 20.9. The van der Waals surface area contributed by atoms with Gasteiger partial charge in [0.25, 0.3) is 11.3 Å². The van der Waals surface area contributed by atoms with Crippen molar-refractivity contribution in [3.05, 3.63) is 38.0 Å². The number of hydrogen-bond donors (Lipinski definition) is 2. The summed E-state index contributed by atoms with van der Waals surface area (Å²) in [5.74, 6) is 1.08. The van der Waals surface area contributed by atoms with Crippen LogP contribution in [0.4, 0.5) is 5.13 Å². The summed E-state index contributed by atoms with van der Waals surface area (Å²) in [7, 11) is 0. The van der Waals surface area contributed by atoms with E-state index in [4.69, 9.17) is 0 Å². The molecule has 1 amide bonds. The first-order valence-electron chi connectivity index (χ1n) is 9.85. The van der Waals surface area contributed by atoms with Gasteiger partial charge in [0.15, 0.2) is 5.13 Å². The summed E-state index contributed by atoms with van der Waals surface area (Å²) < 4.78 is 1.28. The highest BCUT2D eigenvalue weighted by Crippen LogP contribution is 2.40. The van der Waals surface area contributed by atoms with Gasteiger partial charge in [0.05, 0.1) is 12.1 Å². The van der Waals surface area contributed by atoms with Gasteiger partial charge in [0, 0.05) is 16.1 Å². The lowest BCUT2D eigenvalue weighted by molar-refractivity contribution is -0.115. The predicted octanol–water partition coefficient (Wildman–Crippen LogP) is 2.82. The molecule has 29 heavy (non-hydrogen) atoms. The molecule has 3 aromatic heterocycles. The number of rotatable bonds is 3. The lowest BCUT2D eigenvalue weighted by Crippen LogP contribution is -2.26. The van der Waals surface area contributed by atoms with Gasteiger partial charge in [-0.15, -0.1) is 11.3 Å². The topological polar surface area (TPSA) is 105 Å². The number of aromatic amines is 1. The second-order valence-electron chi connectivity index (χ2n) is 8.85. The van der Waals surface area contributed by atoms with Crippen LogP contribution in [-0.2, 0) is 24.1 Å². The van der Waals surface area contributed by atoms with Crippen molar-refractivity contribution in [2.45, 2.75) is 60.3 Å². The van der Waals surface area contributed by atoms with Crippen molar-refractivity contribution in [3.8, 4) is 0 Å². The normalized spacial score (nSPS) is 16.8. The molecule has 3 aromatic rings. The van der Waals surface area contributed by atoms with Crippen LogP contribution in [0.15, 0.2) is 4.79 Å². The molecule has 2 N–H and O–H groups in total. The number of fused-ring (bicyclic) bond motifs is 2. The van der Waals surface area contributed by atoms with E-state index in [9.17, 15) is 9.59 Å². The average molecular weight is 415 g/mol. The van der Waals surface area contributed by atoms with Gasteiger partial charge >= 0.3 is 0 Å². The largest absolute Gasteiger partial charge is 0.302 e. The third-order valence-corrected chi connectivity index (χ3v) is 6.78. The predicted molar refractivity (Wildman–Crippen MR) is 112 cm³/mol. The summed E-state index contributed by atoms with van der Waals surface area (Å²) in [5.41, 5.74) is 2.38. The first kappa shape index (κ1) is 19.8. The van der Waals surface area contributed by atoms with Gasteiger partial charge in [0.2, 0.25) is 5.91 Å². The van der Waals surface area contributed by atoms with Crippen LogP contribution in [0.3, 0.4) is 0 Å². The first-order valence-corrected chi connectivity index (χ1v) is 10.7. The Labute approximate surface area is 172 Å². The second-order valence-corrected chi connectivity index (χ2v) is 9.94. The Morgan fingerprint density at radius 1 is 1.28 bits per heavy atom. The molecular weight excluding hydrogens is 388 g/mol. The van der Waals surface area contributed by atoms with Crippen LogP contribution < -0.4 is 10.9 Å². The number of carbonyl (C=O) groups is 1. The summed E-state index contributed by atoms with van der Waals surface area (Å²) in [6.45, 7) is 10.3. The minimum atomic E-state index is -0.219. The van der Waals surface area contributed by atoms with Crippen molar-refractivity contribution in [1.29, 1.82) is 0 Å². The number of anilines is 1. The Balaban J connectivity index is 1.47. The molecule has 1 aliphatic rings. The minimum absolute atomic E-state index is 0.0236. The van der Waals surface area contributed by atoms with Crippen molar-refractivity contribution in [2.75, 3.05) is 5.32 Å². The number of H-pyrrole nitrogens is 1. The smallest absolute Gasteiger partial charge is 0.277 e. The van der Waals surface area contributed by atoms with Gasteiger partial charge in [-0.05, 0) is 44.4 Å². The quantitative estimate of drug-likeness (QED) is 0.686.